The van der Waals surface area contributed by atoms with E-state index in [1.54, 1.807) is 11.4 Å². The van der Waals surface area contributed by atoms with Gasteiger partial charge in [0.2, 0.25) is 17.6 Å². The highest BCUT2D eigenvalue weighted by Crippen LogP contribution is 2.35. The lowest BCUT2D eigenvalue weighted by Gasteiger charge is -2.30. The molecule has 10 heteroatoms. The van der Waals surface area contributed by atoms with E-state index in [1.165, 1.54) is 17.1 Å². The van der Waals surface area contributed by atoms with Crippen LogP contribution in [-0.4, -0.2) is 48.4 Å². The number of hydrogen-bond acceptors (Lipinski definition) is 7. The van der Waals surface area contributed by atoms with Crippen LogP contribution in [0.1, 0.15) is 63.7 Å². The molecule has 1 atom stereocenters. The summed E-state index contributed by atoms with van der Waals surface area (Å²) in [6.07, 6.45) is 6.73. The molecule has 1 saturated carbocycles. The van der Waals surface area contributed by atoms with Crippen molar-refractivity contribution in [2.45, 2.75) is 62.0 Å². The van der Waals surface area contributed by atoms with Crippen LogP contribution in [0, 0.1) is 5.92 Å². The zero-order valence-corrected chi connectivity index (χ0v) is 18.8. The molecule has 2 aliphatic rings. The predicted octanol–water partition coefficient (Wildman–Crippen LogP) is 3.38. The maximum absolute atomic E-state index is 13.2. The third-order valence-electron chi connectivity index (χ3n) is 5.88. The highest BCUT2D eigenvalue weighted by molar-refractivity contribution is 7.91. The quantitative estimate of drug-likeness (QED) is 0.690. The van der Waals surface area contributed by atoms with Crippen LogP contribution in [-0.2, 0) is 14.8 Å². The average Bonchev–Trinajstić information content (AvgIpc) is 3.52. The fraction of sp³-hybridized carbons (Fsp3) is 0.650. The van der Waals surface area contributed by atoms with Crippen molar-refractivity contribution < 1.29 is 17.7 Å². The number of thiophene rings is 1. The summed E-state index contributed by atoms with van der Waals surface area (Å²) in [6, 6.07) is 1.62. The topological polar surface area (TPSA) is 105 Å². The normalized spacial score (nSPS) is 21.2. The number of rotatable bonds is 7. The molecule has 0 radical (unpaired) electrons. The number of carbonyl (C=O) groups is 1. The lowest BCUT2D eigenvalue weighted by molar-refractivity contribution is -0.126. The molecule has 164 valence electrons. The first-order valence-corrected chi connectivity index (χ1v) is 13.0. The van der Waals surface area contributed by atoms with Crippen LogP contribution >= 0.6 is 11.3 Å². The van der Waals surface area contributed by atoms with Crippen molar-refractivity contribution >= 4 is 27.3 Å². The van der Waals surface area contributed by atoms with Crippen LogP contribution in [0.2, 0.25) is 0 Å². The Hall–Kier alpha value is -1.78. The summed E-state index contributed by atoms with van der Waals surface area (Å²) in [7, 11) is -3.66. The van der Waals surface area contributed by atoms with Crippen LogP contribution in [0.4, 0.5) is 0 Å². The lowest BCUT2D eigenvalue weighted by atomic mass is 9.99. The summed E-state index contributed by atoms with van der Waals surface area (Å²) in [4.78, 5) is 16.8. The van der Waals surface area contributed by atoms with Crippen LogP contribution in [0.15, 0.2) is 20.2 Å². The molecule has 0 spiro atoms. The maximum atomic E-state index is 13.2. The molecule has 1 N–H and O–H groups in total. The zero-order valence-electron chi connectivity index (χ0n) is 17.2. The number of nitrogens with zero attached hydrogens (tertiary/aromatic N) is 3. The summed E-state index contributed by atoms with van der Waals surface area (Å²) in [6.45, 7) is 3.26. The molecule has 2 aromatic rings. The zero-order chi connectivity index (χ0) is 21.1. The van der Waals surface area contributed by atoms with Gasteiger partial charge in [-0.15, -0.1) is 11.3 Å². The second-order valence-corrected chi connectivity index (χ2v) is 11.2. The molecule has 0 aromatic carbocycles. The minimum atomic E-state index is -3.66. The van der Waals surface area contributed by atoms with Crippen molar-refractivity contribution in [1.82, 2.24) is 19.8 Å². The molecule has 1 amide bonds. The third-order valence-corrected chi connectivity index (χ3v) is 9.16. The Morgan fingerprint density at radius 2 is 2.10 bits per heavy atom. The molecule has 2 aromatic heterocycles. The van der Waals surface area contributed by atoms with E-state index in [-0.39, 0.29) is 22.6 Å². The van der Waals surface area contributed by atoms with Gasteiger partial charge in [0.15, 0.2) is 0 Å². The summed E-state index contributed by atoms with van der Waals surface area (Å²) in [5.41, 5.74) is 0.654. The SMILES string of the molecule is CCCNC(=O)[C@@H]1CCCN(S(=O)(=O)c2cc(-c3noc(C4CCCC4)n3)cs2)C1. The van der Waals surface area contributed by atoms with Gasteiger partial charge in [-0.05, 0) is 38.2 Å². The standard InChI is InChI=1S/C20H28N4O4S2/c1-2-9-21-19(25)15-8-5-10-24(12-15)30(26,27)17-11-16(13-29-17)18-22-20(28-23-18)14-6-3-4-7-14/h11,13-15H,2-10,12H2,1H3,(H,21,25)/t15-/m1/s1. The first kappa shape index (κ1) is 21.5. The number of piperidine rings is 1. The minimum Gasteiger partial charge on any atom is -0.356 e. The predicted molar refractivity (Wildman–Crippen MR) is 114 cm³/mol. The maximum Gasteiger partial charge on any atom is 0.252 e. The van der Waals surface area contributed by atoms with Gasteiger partial charge in [-0.3, -0.25) is 4.79 Å². The fourth-order valence-electron chi connectivity index (χ4n) is 4.15. The second-order valence-electron chi connectivity index (χ2n) is 8.09. The Kier molecular flexibility index (Phi) is 6.54. The molecule has 1 aliphatic heterocycles. The van der Waals surface area contributed by atoms with E-state index >= 15 is 0 Å². The van der Waals surface area contributed by atoms with Crippen LogP contribution < -0.4 is 5.32 Å². The van der Waals surface area contributed by atoms with E-state index in [0.717, 1.165) is 30.6 Å². The Labute approximate surface area is 181 Å². The molecule has 2 fully saturated rings. The lowest BCUT2D eigenvalue weighted by Crippen LogP contribution is -2.45. The van der Waals surface area contributed by atoms with Gasteiger partial charge in [0.05, 0.1) is 5.92 Å². The molecule has 1 aliphatic carbocycles. The molecule has 3 heterocycles. The van der Waals surface area contributed by atoms with Gasteiger partial charge in [0.25, 0.3) is 10.0 Å². The average molecular weight is 453 g/mol. The summed E-state index contributed by atoms with van der Waals surface area (Å²) in [5.74, 6) is 1.04. The number of sulfonamides is 1. The van der Waals surface area contributed by atoms with Crippen molar-refractivity contribution in [3.8, 4) is 11.4 Å². The largest absolute Gasteiger partial charge is 0.356 e. The van der Waals surface area contributed by atoms with Gasteiger partial charge in [0.1, 0.15) is 4.21 Å². The number of nitrogens with one attached hydrogen (secondary N) is 1. The van der Waals surface area contributed by atoms with Crippen molar-refractivity contribution in [2.75, 3.05) is 19.6 Å². The third kappa shape index (κ3) is 4.45. The number of amides is 1. The van der Waals surface area contributed by atoms with E-state index in [2.05, 4.69) is 15.5 Å². The highest BCUT2D eigenvalue weighted by atomic mass is 32.2. The van der Waals surface area contributed by atoms with Crippen molar-refractivity contribution in [2.24, 2.45) is 5.92 Å². The summed E-state index contributed by atoms with van der Waals surface area (Å²) >= 11 is 1.16. The van der Waals surface area contributed by atoms with Gasteiger partial charge in [-0.1, -0.05) is 24.9 Å². The van der Waals surface area contributed by atoms with E-state index in [4.69, 9.17) is 4.52 Å². The molecule has 0 unspecified atom stereocenters. The summed E-state index contributed by atoms with van der Waals surface area (Å²) < 4.78 is 33.4. The van der Waals surface area contributed by atoms with Crippen molar-refractivity contribution in [1.29, 1.82) is 0 Å². The van der Waals surface area contributed by atoms with E-state index in [1.807, 2.05) is 6.92 Å². The smallest absolute Gasteiger partial charge is 0.252 e. The van der Waals surface area contributed by atoms with Gasteiger partial charge in [-0.2, -0.15) is 9.29 Å². The molecular weight excluding hydrogens is 424 g/mol. The van der Waals surface area contributed by atoms with Gasteiger partial charge in [0, 0.05) is 36.5 Å². The number of hydrogen-bond donors (Lipinski definition) is 1. The number of carbonyl (C=O) groups excluding carboxylic acids is 1. The Morgan fingerprint density at radius 1 is 1.30 bits per heavy atom. The molecule has 4 rings (SSSR count). The van der Waals surface area contributed by atoms with Crippen LogP contribution in [0.25, 0.3) is 11.4 Å². The molecular formula is C20H28N4O4S2. The fourth-order valence-corrected chi connectivity index (χ4v) is 6.99. The van der Waals surface area contributed by atoms with E-state index in [9.17, 15) is 13.2 Å². The second kappa shape index (κ2) is 9.15. The van der Waals surface area contributed by atoms with E-state index in [0.29, 0.717) is 49.1 Å². The first-order chi connectivity index (χ1) is 14.5. The molecule has 0 bridgehead atoms. The Balaban J connectivity index is 1.47. The van der Waals surface area contributed by atoms with Crippen molar-refractivity contribution in [3.63, 3.8) is 0 Å². The summed E-state index contributed by atoms with van der Waals surface area (Å²) in [5, 5.41) is 8.70. The Bertz CT molecular complexity index is 979. The van der Waals surface area contributed by atoms with Crippen LogP contribution in [0.3, 0.4) is 0 Å². The highest BCUT2D eigenvalue weighted by Gasteiger charge is 2.34. The van der Waals surface area contributed by atoms with Crippen molar-refractivity contribution in [3.05, 3.63) is 17.3 Å². The molecule has 8 nitrogen and oxygen atoms in total. The number of aromatic nitrogens is 2. The monoisotopic (exact) mass is 452 g/mol. The molecule has 30 heavy (non-hydrogen) atoms. The first-order valence-electron chi connectivity index (χ1n) is 10.7. The minimum absolute atomic E-state index is 0.0603. The Morgan fingerprint density at radius 3 is 2.87 bits per heavy atom. The van der Waals surface area contributed by atoms with Gasteiger partial charge >= 0.3 is 0 Å². The van der Waals surface area contributed by atoms with Gasteiger partial charge in [-0.25, -0.2) is 8.42 Å². The van der Waals surface area contributed by atoms with Gasteiger partial charge < -0.3 is 9.84 Å². The van der Waals surface area contributed by atoms with Crippen LogP contribution in [0.5, 0.6) is 0 Å². The molecule has 1 saturated heterocycles. The van der Waals surface area contributed by atoms with E-state index < -0.39 is 10.0 Å².